The van der Waals surface area contributed by atoms with Crippen LogP contribution in [0.1, 0.15) is 6.42 Å². The van der Waals surface area contributed by atoms with E-state index < -0.39 is 18.2 Å². The molecule has 0 aliphatic carbocycles. The Morgan fingerprint density at radius 3 is 2.41 bits per heavy atom. The van der Waals surface area contributed by atoms with Crippen molar-refractivity contribution in [3.05, 3.63) is 42.2 Å². The maximum atomic E-state index is 13.2. The van der Waals surface area contributed by atoms with Gasteiger partial charge >= 0.3 is 12.1 Å². The van der Waals surface area contributed by atoms with E-state index in [0.29, 0.717) is 37.5 Å². The molecule has 2 saturated heterocycles. The van der Waals surface area contributed by atoms with E-state index in [1.54, 1.807) is 16.6 Å². The van der Waals surface area contributed by atoms with Crippen LogP contribution >= 0.6 is 0 Å². The van der Waals surface area contributed by atoms with Gasteiger partial charge in [0.15, 0.2) is 11.5 Å². The second-order valence-corrected chi connectivity index (χ2v) is 7.77. The third-order valence-electron chi connectivity index (χ3n) is 5.53. The van der Waals surface area contributed by atoms with Crippen molar-refractivity contribution in [3.8, 4) is 11.4 Å². The third-order valence-corrected chi connectivity index (χ3v) is 5.53. The summed E-state index contributed by atoms with van der Waals surface area (Å²) in [6.45, 7) is 2.04. The van der Waals surface area contributed by atoms with Crippen LogP contribution < -0.4 is 10.6 Å². The minimum Gasteiger partial charge on any atom is -0.475 e. The van der Waals surface area contributed by atoms with E-state index in [2.05, 4.69) is 15.1 Å². The van der Waals surface area contributed by atoms with Crippen LogP contribution in [0.25, 0.3) is 17.0 Å². The second kappa shape index (κ2) is 8.85. The molecule has 1 amide bonds. The van der Waals surface area contributed by atoms with Gasteiger partial charge in [0.2, 0.25) is 5.91 Å². The van der Waals surface area contributed by atoms with E-state index >= 15 is 0 Å². The van der Waals surface area contributed by atoms with Crippen LogP contribution in [0, 0.1) is 5.82 Å². The Morgan fingerprint density at radius 2 is 1.76 bits per heavy atom. The summed E-state index contributed by atoms with van der Waals surface area (Å²) in [6, 6.07) is 9.59. The molecule has 3 aromatic rings. The highest BCUT2D eigenvalue weighted by Crippen LogP contribution is 2.26. The number of carbonyl (C=O) groups excluding carboxylic acids is 1. The molecule has 0 spiro atoms. The Labute approximate surface area is 189 Å². The average Bonchev–Trinajstić information content (AvgIpc) is 3.34. The number of nitrogens with zero attached hydrogens (tertiary/aromatic N) is 6. The maximum absolute atomic E-state index is 13.2. The lowest BCUT2D eigenvalue weighted by Crippen LogP contribution is -2.52. The van der Waals surface area contributed by atoms with Crippen molar-refractivity contribution in [2.24, 2.45) is 5.73 Å². The SMILES string of the molecule is NC1CC2CN(c3ccc4nnc(-c5ccc(F)cc5)n4n3)CCN2C1=O.O=C(O)C(F)(F)F. The first-order chi connectivity index (χ1) is 16.0. The quantitative estimate of drug-likeness (QED) is 0.524. The number of carbonyl (C=O) groups is 2. The van der Waals surface area contributed by atoms with Crippen molar-refractivity contribution in [2.75, 3.05) is 24.5 Å². The van der Waals surface area contributed by atoms with Crippen molar-refractivity contribution in [3.63, 3.8) is 0 Å². The van der Waals surface area contributed by atoms with Crippen LogP contribution in [-0.4, -0.2) is 79.6 Å². The number of aromatic nitrogens is 4. The minimum atomic E-state index is -5.08. The molecule has 2 aromatic heterocycles. The number of benzene rings is 1. The summed E-state index contributed by atoms with van der Waals surface area (Å²) in [6.07, 6.45) is -4.41. The zero-order chi connectivity index (χ0) is 24.6. The first-order valence-corrected chi connectivity index (χ1v) is 10.1. The van der Waals surface area contributed by atoms with Crippen LogP contribution in [0.5, 0.6) is 0 Å². The molecule has 2 aliphatic rings. The molecule has 5 rings (SSSR count). The lowest BCUT2D eigenvalue weighted by Gasteiger charge is -2.37. The molecule has 10 nitrogen and oxygen atoms in total. The highest BCUT2D eigenvalue weighted by atomic mass is 19.4. The number of piperazine rings is 1. The smallest absolute Gasteiger partial charge is 0.475 e. The standard InChI is InChI=1S/C18H18FN7O.C2HF3O2/c19-12-3-1-11(2-4-12)17-22-21-15-5-6-16(23-26(15)17)24-7-8-25-13(10-24)9-14(20)18(25)27;3-2(4,5)1(6)7/h1-6,13-14H,7-10,20H2;(H,6,7). The normalized spacial score (nSPS) is 20.2. The molecule has 0 radical (unpaired) electrons. The molecule has 2 atom stereocenters. The lowest BCUT2D eigenvalue weighted by atomic mass is 10.1. The molecule has 2 unspecified atom stereocenters. The molecule has 2 fully saturated rings. The van der Waals surface area contributed by atoms with E-state index in [-0.39, 0.29) is 17.8 Å². The van der Waals surface area contributed by atoms with Gasteiger partial charge in [-0.2, -0.15) is 17.7 Å². The van der Waals surface area contributed by atoms with Gasteiger partial charge in [0, 0.05) is 25.2 Å². The van der Waals surface area contributed by atoms with Gasteiger partial charge in [0.05, 0.1) is 12.1 Å². The monoisotopic (exact) mass is 481 g/mol. The fourth-order valence-corrected chi connectivity index (χ4v) is 3.89. The van der Waals surface area contributed by atoms with E-state index in [1.807, 2.05) is 17.0 Å². The predicted octanol–water partition coefficient (Wildman–Crippen LogP) is 1.31. The Morgan fingerprint density at radius 1 is 1.09 bits per heavy atom. The zero-order valence-electron chi connectivity index (χ0n) is 17.5. The van der Waals surface area contributed by atoms with Gasteiger partial charge in [0.25, 0.3) is 0 Å². The summed E-state index contributed by atoms with van der Waals surface area (Å²) in [4.78, 5) is 25.0. The Kier molecular flexibility index (Phi) is 6.08. The number of halogens is 4. The van der Waals surface area contributed by atoms with Crippen molar-refractivity contribution < 1.29 is 32.3 Å². The van der Waals surface area contributed by atoms with Crippen LogP contribution in [-0.2, 0) is 9.59 Å². The molecule has 4 heterocycles. The molecular weight excluding hydrogens is 462 g/mol. The number of amides is 1. The van der Waals surface area contributed by atoms with Gasteiger partial charge in [-0.15, -0.1) is 15.3 Å². The maximum Gasteiger partial charge on any atom is 0.490 e. The average molecular weight is 481 g/mol. The van der Waals surface area contributed by atoms with E-state index in [0.717, 1.165) is 11.4 Å². The van der Waals surface area contributed by atoms with E-state index in [4.69, 9.17) is 20.7 Å². The van der Waals surface area contributed by atoms with Gasteiger partial charge in [-0.25, -0.2) is 9.18 Å². The summed E-state index contributed by atoms with van der Waals surface area (Å²) in [5.41, 5.74) is 7.27. The van der Waals surface area contributed by atoms with Gasteiger partial charge in [0.1, 0.15) is 11.6 Å². The molecule has 14 heteroatoms. The number of nitrogens with two attached hydrogens (primary N) is 1. The molecular formula is C20H19F4N7O3. The minimum absolute atomic E-state index is 0.0421. The third kappa shape index (κ3) is 4.62. The number of alkyl halides is 3. The molecule has 1 aromatic carbocycles. The number of fused-ring (bicyclic) bond motifs is 2. The topological polar surface area (TPSA) is 130 Å². The number of anilines is 1. The van der Waals surface area contributed by atoms with Gasteiger partial charge in [-0.05, 0) is 42.8 Å². The number of rotatable bonds is 2. The molecule has 2 aliphatic heterocycles. The number of aliphatic carboxylic acids is 1. The van der Waals surface area contributed by atoms with Gasteiger partial charge < -0.3 is 20.6 Å². The first-order valence-electron chi connectivity index (χ1n) is 10.1. The largest absolute Gasteiger partial charge is 0.490 e. The van der Waals surface area contributed by atoms with E-state index in [9.17, 15) is 22.4 Å². The summed E-state index contributed by atoms with van der Waals surface area (Å²) in [5, 5.41) is 20.2. The fourth-order valence-electron chi connectivity index (χ4n) is 3.89. The summed E-state index contributed by atoms with van der Waals surface area (Å²) in [5.74, 6) is -1.67. The number of hydrogen-bond donors (Lipinski definition) is 2. The lowest BCUT2D eigenvalue weighted by molar-refractivity contribution is -0.192. The van der Waals surface area contributed by atoms with E-state index in [1.165, 1.54) is 12.1 Å². The van der Waals surface area contributed by atoms with Crippen LogP contribution in [0.4, 0.5) is 23.4 Å². The van der Waals surface area contributed by atoms with Gasteiger partial charge in [-0.1, -0.05) is 0 Å². The van der Waals surface area contributed by atoms with Crippen molar-refractivity contribution >= 4 is 23.3 Å². The summed E-state index contributed by atoms with van der Waals surface area (Å²) in [7, 11) is 0. The molecule has 0 bridgehead atoms. The summed E-state index contributed by atoms with van der Waals surface area (Å²) < 4.78 is 46.6. The highest BCUT2D eigenvalue weighted by molar-refractivity contribution is 5.84. The molecule has 0 saturated carbocycles. The fraction of sp³-hybridized carbons (Fsp3) is 0.350. The zero-order valence-corrected chi connectivity index (χ0v) is 17.5. The Balaban J connectivity index is 0.000000344. The van der Waals surface area contributed by atoms with Crippen LogP contribution in [0.3, 0.4) is 0 Å². The van der Waals surface area contributed by atoms with Crippen molar-refractivity contribution in [1.29, 1.82) is 0 Å². The molecule has 3 N–H and O–H groups in total. The van der Waals surface area contributed by atoms with Crippen molar-refractivity contribution in [1.82, 2.24) is 24.7 Å². The Bertz CT molecular complexity index is 1220. The summed E-state index contributed by atoms with van der Waals surface area (Å²) >= 11 is 0. The van der Waals surface area contributed by atoms with Crippen LogP contribution in [0.2, 0.25) is 0 Å². The Hall–Kier alpha value is -3.81. The number of carboxylic acids is 1. The molecule has 180 valence electrons. The second-order valence-electron chi connectivity index (χ2n) is 7.77. The number of hydrogen-bond acceptors (Lipinski definition) is 7. The first kappa shape index (κ1) is 23.4. The highest BCUT2D eigenvalue weighted by Gasteiger charge is 2.41. The molecule has 34 heavy (non-hydrogen) atoms. The van der Waals surface area contributed by atoms with Gasteiger partial charge in [-0.3, -0.25) is 4.79 Å². The van der Waals surface area contributed by atoms with Crippen LogP contribution in [0.15, 0.2) is 36.4 Å². The number of carboxylic acid groups (broad SMARTS) is 1. The predicted molar refractivity (Wildman–Crippen MR) is 110 cm³/mol. The van der Waals surface area contributed by atoms with Crippen molar-refractivity contribution in [2.45, 2.75) is 24.7 Å².